The van der Waals surface area contributed by atoms with Gasteiger partial charge in [-0.1, -0.05) is 27.7 Å². The Bertz CT molecular complexity index is 317. The van der Waals surface area contributed by atoms with Gasteiger partial charge in [0.2, 0.25) is 5.91 Å². The molecular formula is C16H32N2O3. The van der Waals surface area contributed by atoms with Crippen LogP contribution in [0.3, 0.4) is 0 Å². The van der Waals surface area contributed by atoms with Crippen LogP contribution >= 0.6 is 0 Å². The lowest BCUT2D eigenvalue weighted by Gasteiger charge is -2.28. The number of carboxylic acid groups (broad SMARTS) is 1. The molecule has 0 saturated carbocycles. The second kappa shape index (κ2) is 9.77. The first-order valence-electron chi connectivity index (χ1n) is 7.86. The molecule has 1 amide bonds. The van der Waals surface area contributed by atoms with E-state index in [1.165, 1.54) is 0 Å². The zero-order chi connectivity index (χ0) is 16.6. The minimum atomic E-state index is -0.902. The highest BCUT2D eigenvalue weighted by atomic mass is 16.4. The zero-order valence-electron chi connectivity index (χ0n) is 14.4. The fraction of sp³-hybridized carbons (Fsp3) is 0.875. The SMILES string of the molecule is CC(C)CCN(CCC(C)C)C(=O)CN(C)C(C)C(=O)O. The highest BCUT2D eigenvalue weighted by Crippen LogP contribution is 2.08. The van der Waals surface area contributed by atoms with E-state index in [2.05, 4.69) is 27.7 Å². The van der Waals surface area contributed by atoms with E-state index in [9.17, 15) is 9.59 Å². The minimum Gasteiger partial charge on any atom is -0.480 e. The third-order valence-corrected chi connectivity index (χ3v) is 3.71. The minimum absolute atomic E-state index is 0.0203. The molecule has 5 nitrogen and oxygen atoms in total. The Morgan fingerprint density at radius 3 is 1.71 bits per heavy atom. The number of carbonyl (C=O) groups is 2. The zero-order valence-corrected chi connectivity index (χ0v) is 14.4. The topological polar surface area (TPSA) is 60.9 Å². The number of carboxylic acids is 1. The van der Waals surface area contributed by atoms with Gasteiger partial charge in [0.15, 0.2) is 0 Å². The normalized spacial score (nSPS) is 13.0. The Hall–Kier alpha value is -1.10. The number of rotatable bonds is 10. The molecule has 0 heterocycles. The van der Waals surface area contributed by atoms with Gasteiger partial charge >= 0.3 is 5.97 Å². The number of hydrogen-bond donors (Lipinski definition) is 1. The maximum Gasteiger partial charge on any atom is 0.320 e. The van der Waals surface area contributed by atoms with Crippen molar-refractivity contribution in [3.05, 3.63) is 0 Å². The first-order chi connectivity index (χ1) is 9.65. The third-order valence-electron chi connectivity index (χ3n) is 3.71. The van der Waals surface area contributed by atoms with E-state index in [4.69, 9.17) is 5.11 Å². The van der Waals surface area contributed by atoms with Crippen molar-refractivity contribution in [3.8, 4) is 0 Å². The molecule has 124 valence electrons. The van der Waals surface area contributed by atoms with Crippen LogP contribution in [0.5, 0.6) is 0 Å². The summed E-state index contributed by atoms with van der Waals surface area (Å²) in [7, 11) is 1.68. The van der Waals surface area contributed by atoms with E-state index in [0.717, 1.165) is 25.9 Å². The monoisotopic (exact) mass is 300 g/mol. The van der Waals surface area contributed by atoms with Crippen LogP contribution in [0.15, 0.2) is 0 Å². The van der Waals surface area contributed by atoms with Crippen molar-refractivity contribution in [1.82, 2.24) is 9.80 Å². The predicted molar refractivity (Wildman–Crippen MR) is 85.2 cm³/mol. The summed E-state index contributed by atoms with van der Waals surface area (Å²) < 4.78 is 0. The first-order valence-corrected chi connectivity index (χ1v) is 7.86. The van der Waals surface area contributed by atoms with E-state index >= 15 is 0 Å². The van der Waals surface area contributed by atoms with E-state index in [1.54, 1.807) is 18.9 Å². The molecule has 21 heavy (non-hydrogen) atoms. The fourth-order valence-electron chi connectivity index (χ4n) is 1.83. The molecule has 0 fully saturated rings. The van der Waals surface area contributed by atoms with Crippen molar-refractivity contribution in [1.29, 1.82) is 0 Å². The molecule has 0 aromatic heterocycles. The Morgan fingerprint density at radius 1 is 0.952 bits per heavy atom. The van der Waals surface area contributed by atoms with Crippen molar-refractivity contribution in [2.75, 3.05) is 26.7 Å². The lowest BCUT2D eigenvalue weighted by atomic mass is 10.1. The molecule has 1 atom stereocenters. The van der Waals surface area contributed by atoms with Gasteiger partial charge in [-0.3, -0.25) is 14.5 Å². The van der Waals surface area contributed by atoms with Gasteiger partial charge in [0.25, 0.3) is 0 Å². The van der Waals surface area contributed by atoms with Gasteiger partial charge < -0.3 is 10.0 Å². The second-order valence-corrected chi connectivity index (χ2v) is 6.68. The summed E-state index contributed by atoms with van der Waals surface area (Å²) in [5, 5.41) is 8.99. The highest BCUT2D eigenvalue weighted by molar-refractivity contribution is 5.79. The van der Waals surface area contributed by atoms with Gasteiger partial charge in [-0.15, -0.1) is 0 Å². The molecule has 0 radical (unpaired) electrons. The van der Waals surface area contributed by atoms with Gasteiger partial charge in [0.05, 0.1) is 6.54 Å². The number of hydrogen-bond acceptors (Lipinski definition) is 3. The molecule has 5 heteroatoms. The number of nitrogens with zero attached hydrogens (tertiary/aromatic N) is 2. The Balaban J connectivity index is 4.57. The number of likely N-dealkylation sites (N-methyl/N-ethyl adjacent to an activating group) is 1. The number of aliphatic carboxylic acids is 1. The van der Waals surface area contributed by atoms with E-state index < -0.39 is 12.0 Å². The van der Waals surface area contributed by atoms with Crippen molar-refractivity contribution >= 4 is 11.9 Å². The fourth-order valence-corrected chi connectivity index (χ4v) is 1.83. The summed E-state index contributed by atoms with van der Waals surface area (Å²) in [6, 6.07) is -0.647. The maximum atomic E-state index is 12.4. The molecule has 1 N–H and O–H groups in total. The van der Waals surface area contributed by atoms with Crippen molar-refractivity contribution < 1.29 is 14.7 Å². The second-order valence-electron chi connectivity index (χ2n) is 6.68. The van der Waals surface area contributed by atoms with Crippen LogP contribution in [0.1, 0.15) is 47.5 Å². The summed E-state index contributed by atoms with van der Waals surface area (Å²) >= 11 is 0. The first kappa shape index (κ1) is 19.9. The Labute approximate surface area is 129 Å². The van der Waals surface area contributed by atoms with Gasteiger partial charge in [0, 0.05) is 13.1 Å². The summed E-state index contributed by atoms with van der Waals surface area (Å²) in [6.07, 6.45) is 1.95. The average Bonchev–Trinajstić information content (AvgIpc) is 2.36. The van der Waals surface area contributed by atoms with E-state index in [-0.39, 0.29) is 12.5 Å². The summed E-state index contributed by atoms with van der Waals surface area (Å²) in [5.74, 6) is 0.221. The molecule has 0 spiro atoms. The van der Waals surface area contributed by atoms with Crippen LogP contribution in [-0.4, -0.2) is 59.5 Å². The molecule has 0 aliphatic rings. The lowest BCUT2D eigenvalue weighted by Crippen LogP contribution is -2.45. The van der Waals surface area contributed by atoms with Gasteiger partial charge in [0.1, 0.15) is 6.04 Å². The van der Waals surface area contributed by atoms with Gasteiger partial charge in [-0.2, -0.15) is 0 Å². The molecule has 0 aromatic carbocycles. The lowest BCUT2D eigenvalue weighted by molar-refractivity contribution is -0.143. The van der Waals surface area contributed by atoms with Crippen LogP contribution in [0.25, 0.3) is 0 Å². The van der Waals surface area contributed by atoms with Gasteiger partial charge in [-0.05, 0) is 38.6 Å². The number of amides is 1. The predicted octanol–water partition coefficient (Wildman–Crippen LogP) is 2.31. The van der Waals surface area contributed by atoms with Crippen LogP contribution in [-0.2, 0) is 9.59 Å². The smallest absolute Gasteiger partial charge is 0.320 e. The highest BCUT2D eigenvalue weighted by Gasteiger charge is 2.22. The Kier molecular flexibility index (Phi) is 9.26. The summed E-state index contributed by atoms with van der Waals surface area (Å²) in [6.45, 7) is 11.8. The Morgan fingerprint density at radius 2 is 1.38 bits per heavy atom. The molecule has 1 unspecified atom stereocenters. The molecule has 0 bridgehead atoms. The van der Waals surface area contributed by atoms with Crippen molar-refractivity contribution in [2.24, 2.45) is 11.8 Å². The summed E-state index contributed by atoms with van der Waals surface area (Å²) in [5.41, 5.74) is 0. The largest absolute Gasteiger partial charge is 0.480 e. The molecule has 0 aliphatic carbocycles. The molecule has 0 rings (SSSR count). The van der Waals surface area contributed by atoms with Crippen LogP contribution in [0.2, 0.25) is 0 Å². The summed E-state index contributed by atoms with van der Waals surface area (Å²) in [4.78, 5) is 26.8. The van der Waals surface area contributed by atoms with Crippen LogP contribution < -0.4 is 0 Å². The molecular weight excluding hydrogens is 268 g/mol. The van der Waals surface area contributed by atoms with Crippen LogP contribution in [0.4, 0.5) is 0 Å². The number of carbonyl (C=O) groups excluding carboxylic acids is 1. The average molecular weight is 300 g/mol. The van der Waals surface area contributed by atoms with E-state index in [0.29, 0.717) is 11.8 Å². The standard InChI is InChI=1S/C16H32N2O3/c1-12(2)7-9-18(10-8-13(3)4)15(19)11-17(6)14(5)16(20)21/h12-14H,7-11H2,1-6H3,(H,20,21). The van der Waals surface area contributed by atoms with Crippen LogP contribution in [0, 0.1) is 11.8 Å². The molecule has 0 aliphatic heterocycles. The maximum absolute atomic E-state index is 12.4. The quantitative estimate of drug-likeness (QED) is 0.672. The van der Waals surface area contributed by atoms with Crippen molar-refractivity contribution in [3.63, 3.8) is 0 Å². The molecule has 0 aromatic rings. The van der Waals surface area contributed by atoms with E-state index in [1.807, 2.05) is 4.90 Å². The van der Waals surface area contributed by atoms with Crippen molar-refractivity contribution in [2.45, 2.75) is 53.5 Å². The molecule has 0 saturated heterocycles. The van der Waals surface area contributed by atoms with Gasteiger partial charge in [-0.25, -0.2) is 0 Å². The third kappa shape index (κ3) is 8.71.